The average Bonchev–Trinajstić information content (AvgIpc) is 3.37. The molecule has 1 fully saturated rings. The van der Waals surface area contributed by atoms with Crippen LogP contribution in [0.25, 0.3) is 5.69 Å². The van der Waals surface area contributed by atoms with Crippen molar-refractivity contribution in [2.45, 2.75) is 19.6 Å². The Morgan fingerprint density at radius 2 is 1.90 bits per heavy atom. The van der Waals surface area contributed by atoms with Crippen LogP contribution in [0.4, 0.5) is 13.2 Å². The number of para-hydroxylation sites is 1. The van der Waals surface area contributed by atoms with Gasteiger partial charge in [-0.2, -0.15) is 13.2 Å². The van der Waals surface area contributed by atoms with Crippen molar-refractivity contribution in [3.63, 3.8) is 0 Å². The fourth-order valence-corrected chi connectivity index (χ4v) is 3.37. The number of aromatic nitrogens is 4. The van der Waals surface area contributed by atoms with Gasteiger partial charge in [0.05, 0.1) is 29.7 Å². The fourth-order valence-electron chi connectivity index (χ4n) is 3.37. The normalized spacial score (nSPS) is 15.5. The molecule has 3 aromatic rings. The molecule has 0 bridgehead atoms. The van der Waals surface area contributed by atoms with E-state index in [1.165, 1.54) is 24.4 Å². The average molecular weight is 420 g/mol. The van der Waals surface area contributed by atoms with Gasteiger partial charge in [-0.1, -0.05) is 22.5 Å². The van der Waals surface area contributed by atoms with E-state index in [-0.39, 0.29) is 17.3 Å². The number of hydrogen-bond donors (Lipinski definition) is 0. The molecule has 0 N–H and O–H groups in total. The zero-order valence-electron chi connectivity index (χ0n) is 16.1. The standard InChI is InChI=1S/C19H19F3N6O2/c1-13-10-14(30-24-13)11-26-6-8-27(9-7-26)18(29)16-12-28(25-23-16)17-5-3-2-4-15(17)19(20,21)22/h2-5,10,12H,6-9,11H2,1H3. The summed E-state index contributed by atoms with van der Waals surface area (Å²) < 4.78 is 45.9. The van der Waals surface area contributed by atoms with Crippen LogP contribution in [-0.4, -0.2) is 62.0 Å². The minimum Gasteiger partial charge on any atom is -0.360 e. The van der Waals surface area contributed by atoms with Gasteiger partial charge in [-0.15, -0.1) is 5.10 Å². The van der Waals surface area contributed by atoms with Crippen molar-refractivity contribution >= 4 is 5.91 Å². The zero-order chi connectivity index (χ0) is 21.3. The molecule has 1 aliphatic rings. The molecule has 30 heavy (non-hydrogen) atoms. The van der Waals surface area contributed by atoms with Crippen molar-refractivity contribution in [1.29, 1.82) is 0 Å². The topological polar surface area (TPSA) is 80.3 Å². The number of piperazine rings is 1. The second kappa shape index (κ2) is 7.90. The molecule has 0 spiro atoms. The van der Waals surface area contributed by atoms with Gasteiger partial charge in [-0.05, 0) is 19.1 Å². The maximum Gasteiger partial charge on any atom is 0.418 e. The van der Waals surface area contributed by atoms with Crippen LogP contribution >= 0.6 is 0 Å². The maximum absolute atomic E-state index is 13.2. The molecule has 4 rings (SSSR count). The van der Waals surface area contributed by atoms with Crippen molar-refractivity contribution in [2.24, 2.45) is 0 Å². The van der Waals surface area contributed by atoms with Gasteiger partial charge in [0.1, 0.15) is 0 Å². The summed E-state index contributed by atoms with van der Waals surface area (Å²) in [5.41, 5.74) is -0.200. The number of rotatable bonds is 4. The van der Waals surface area contributed by atoms with Gasteiger partial charge in [0.15, 0.2) is 11.5 Å². The van der Waals surface area contributed by atoms with Crippen molar-refractivity contribution in [1.82, 2.24) is 30.0 Å². The molecule has 0 radical (unpaired) electrons. The summed E-state index contributed by atoms with van der Waals surface area (Å²) in [5.74, 6) is 0.402. The van der Waals surface area contributed by atoms with Gasteiger partial charge in [0, 0.05) is 32.2 Å². The maximum atomic E-state index is 13.2. The largest absolute Gasteiger partial charge is 0.418 e. The van der Waals surface area contributed by atoms with Crippen molar-refractivity contribution < 1.29 is 22.5 Å². The highest BCUT2D eigenvalue weighted by molar-refractivity contribution is 5.92. The van der Waals surface area contributed by atoms with E-state index < -0.39 is 11.7 Å². The highest BCUT2D eigenvalue weighted by Crippen LogP contribution is 2.33. The minimum absolute atomic E-state index is 0.00582. The molecule has 158 valence electrons. The predicted molar refractivity (Wildman–Crippen MR) is 98.8 cm³/mol. The molecule has 1 aromatic carbocycles. The molecule has 1 amide bonds. The zero-order valence-corrected chi connectivity index (χ0v) is 16.1. The summed E-state index contributed by atoms with van der Waals surface area (Å²) in [6.07, 6.45) is -3.30. The fraction of sp³-hybridized carbons (Fsp3) is 0.368. The van der Waals surface area contributed by atoms with Crippen LogP contribution in [-0.2, 0) is 12.7 Å². The number of halogens is 3. The summed E-state index contributed by atoms with van der Waals surface area (Å²) in [6.45, 7) is 4.67. The summed E-state index contributed by atoms with van der Waals surface area (Å²) in [4.78, 5) is 16.5. The van der Waals surface area contributed by atoms with Crippen LogP contribution in [0.5, 0.6) is 0 Å². The van der Waals surface area contributed by atoms with Gasteiger partial charge in [-0.3, -0.25) is 9.69 Å². The van der Waals surface area contributed by atoms with Crippen molar-refractivity contribution in [3.8, 4) is 5.69 Å². The van der Waals surface area contributed by atoms with Crippen LogP contribution in [0.1, 0.15) is 27.5 Å². The van der Waals surface area contributed by atoms with Crippen molar-refractivity contribution in [3.05, 3.63) is 59.2 Å². The summed E-state index contributed by atoms with van der Waals surface area (Å²) >= 11 is 0. The van der Waals surface area contributed by atoms with E-state index in [0.29, 0.717) is 32.7 Å². The second-order valence-electron chi connectivity index (χ2n) is 7.07. The number of aryl methyl sites for hydroxylation is 1. The van der Waals surface area contributed by atoms with Crippen LogP contribution in [0.2, 0.25) is 0 Å². The Hall–Kier alpha value is -3.21. The number of carbonyl (C=O) groups excluding carboxylic acids is 1. The Labute approximate surface area is 169 Å². The minimum atomic E-state index is -4.54. The Morgan fingerprint density at radius 3 is 2.57 bits per heavy atom. The van der Waals surface area contributed by atoms with E-state index in [4.69, 9.17) is 4.52 Å². The summed E-state index contributed by atoms with van der Waals surface area (Å²) in [7, 11) is 0. The van der Waals surface area contributed by atoms with Crippen LogP contribution in [0.15, 0.2) is 41.1 Å². The molecule has 1 saturated heterocycles. The highest BCUT2D eigenvalue weighted by atomic mass is 19.4. The lowest BCUT2D eigenvalue weighted by molar-refractivity contribution is -0.137. The molecule has 3 heterocycles. The molecule has 11 heteroatoms. The van der Waals surface area contributed by atoms with Crippen LogP contribution in [0, 0.1) is 6.92 Å². The van der Waals surface area contributed by atoms with Gasteiger partial charge in [0.25, 0.3) is 5.91 Å². The second-order valence-corrected chi connectivity index (χ2v) is 7.07. The number of hydrogen-bond acceptors (Lipinski definition) is 6. The Kier molecular flexibility index (Phi) is 5.29. The molecular weight excluding hydrogens is 401 g/mol. The van der Waals surface area contributed by atoms with Gasteiger partial charge < -0.3 is 9.42 Å². The first-order valence-corrected chi connectivity index (χ1v) is 9.34. The number of alkyl halides is 3. The lowest BCUT2D eigenvalue weighted by Gasteiger charge is -2.33. The van der Waals surface area contributed by atoms with Crippen LogP contribution < -0.4 is 0 Å². The van der Waals surface area contributed by atoms with E-state index in [9.17, 15) is 18.0 Å². The number of benzene rings is 1. The van der Waals surface area contributed by atoms with Gasteiger partial charge >= 0.3 is 6.18 Å². The molecule has 0 unspecified atom stereocenters. The lowest BCUT2D eigenvalue weighted by atomic mass is 10.1. The summed E-state index contributed by atoms with van der Waals surface area (Å²) in [5, 5.41) is 11.4. The molecule has 2 aromatic heterocycles. The lowest BCUT2D eigenvalue weighted by Crippen LogP contribution is -2.48. The first-order valence-electron chi connectivity index (χ1n) is 9.34. The Balaban J connectivity index is 1.42. The number of nitrogens with zero attached hydrogens (tertiary/aromatic N) is 6. The van der Waals surface area contributed by atoms with E-state index >= 15 is 0 Å². The highest BCUT2D eigenvalue weighted by Gasteiger charge is 2.34. The van der Waals surface area contributed by atoms with E-state index in [1.54, 1.807) is 4.90 Å². The smallest absolute Gasteiger partial charge is 0.360 e. The van der Waals surface area contributed by atoms with E-state index in [0.717, 1.165) is 22.2 Å². The quantitative estimate of drug-likeness (QED) is 0.645. The first-order chi connectivity index (χ1) is 14.3. The number of amides is 1. The predicted octanol–water partition coefficient (Wildman–Crippen LogP) is 2.54. The number of carbonyl (C=O) groups is 1. The molecule has 1 aliphatic heterocycles. The third kappa shape index (κ3) is 4.20. The molecule has 0 atom stereocenters. The SMILES string of the molecule is Cc1cc(CN2CCN(C(=O)c3cn(-c4ccccc4C(F)(F)F)nn3)CC2)on1. The first kappa shape index (κ1) is 20.1. The van der Waals surface area contributed by atoms with Crippen molar-refractivity contribution in [2.75, 3.05) is 26.2 Å². The van der Waals surface area contributed by atoms with Gasteiger partial charge in [0.2, 0.25) is 0 Å². The molecular formula is C19H19F3N6O2. The van der Waals surface area contributed by atoms with E-state index in [2.05, 4.69) is 20.4 Å². The monoisotopic (exact) mass is 420 g/mol. The molecule has 0 aliphatic carbocycles. The molecule has 8 nitrogen and oxygen atoms in total. The van der Waals surface area contributed by atoms with E-state index in [1.807, 2.05) is 13.0 Å². The third-order valence-electron chi connectivity index (χ3n) is 4.88. The van der Waals surface area contributed by atoms with Gasteiger partial charge in [-0.25, -0.2) is 4.68 Å². The summed E-state index contributed by atoms with van der Waals surface area (Å²) in [6, 6.07) is 6.90. The Morgan fingerprint density at radius 1 is 1.17 bits per heavy atom. The third-order valence-corrected chi connectivity index (χ3v) is 4.88. The Bertz CT molecular complexity index is 1040. The van der Waals surface area contributed by atoms with Crippen LogP contribution in [0.3, 0.4) is 0 Å². The molecule has 0 saturated carbocycles.